The molecule has 0 amide bonds. The molecule has 0 spiro atoms. The number of aromatic nitrogens is 2. The summed E-state index contributed by atoms with van der Waals surface area (Å²) in [6, 6.07) is 7.19. The fourth-order valence-corrected chi connectivity index (χ4v) is 2.21. The van der Waals surface area contributed by atoms with Crippen molar-refractivity contribution in [2.45, 2.75) is 25.7 Å². The Morgan fingerprint density at radius 1 is 1.20 bits per heavy atom. The minimum atomic E-state index is -0.370. The SMILES string of the molecule is CCOC(=O)c1ccc(-c2nc(C)cc(C)n2)cc1S. The van der Waals surface area contributed by atoms with Crippen LogP contribution >= 0.6 is 12.6 Å². The molecule has 0 aliphatic carbocycles. The van der Waals surface area contributed by atoms with Gasteiger partial charge in [0.2, 0.25) is 0 Å². The molecule has 0 aliphatic rings. The molecule has 4 nitrogen and oxygen atoms in total. The number of thiol groups is 1. The first-order chi connectivity index (χ1) is 9.51. The number of carbonyl (C=O) groups excluding carboxylic acids is 1. The van der Waals surface area contributed by atoms with Gasteiger partial charge >= 0.3 is 5.97 Å². The van der Waals surface area contributed by atoms with Crippen molar-refractivity contribution in [3.8, 4) is 11.4 Å². The van der Waals surface area contributed by atoms with Gasteiger partial charge < -0.3 is 4.74 Å². The van der Waals surface area contributed by atoms with Gasteiger partial charge in [0, 0.05) is 21.8 Å². The summed E-state index contributed by atoms with van der Waals surface area (Å²) in [5, 5.41) is 0. The van der Waals surface area contributed by atoms with Gasteiger partial charge in [-0.3, -0.25) is 0 Å². The summed E-state index contributed by atoms with van der Waals surface area (Å²) in [5.41, 5.74) is 3.09. The molecule has 0 unspecified atom stereocenters. The molecule has 1 heterocycles. The maximum atomic E-state index is 11.7. The number of aryl methyl sites for hydroxylation is 2. The van der Waals surface area contributed by atoms with Crippen LogP contribution in [0.25, 0.3) is 11.4 Å². The predicted octanol–water partition coefficient (Wildman–Crippen LogP) is 3.23. The summed E-state index contributed by atoms with van der Waals surface area (Å²) >= 11 is 4.35. The van der Waals surface area contributed by atoms with Crippen molar-refractivity contribution in [3.05, 3.63) is 41.2 Å². The minimum absolute atomic E-state index is 0.341. The Bertz CT molecular complexity index is 636. The van der Waals surface area contributed by atoms with Crippen molar-refractivity contribution in [2.75, 3.05) is 6.61 Å². The number of hydrogen-bond acceptors (Lipinski definition) is 5. The molecule has 1 aromatic heterocycles. The Balaban J connectivity index is 2.40. The van der Waals surface area contributed by atoms with E-state index in [0.717, 1.165) is 17.0 Å². The second kappa shape index (κ2) is 6.05. The lowest BCUT2D eigenvalue weighted by Crippen LogP contribution is -2.05. The van der Waals surface area contributed by atoms with Crippen LogP contribution in [0.1, 0.15) is 28.7 Å². The second-order valence-corrected chi connectivity index (χ2v) is 4.91. The van der Waals surface area contributed by atoms with Gasteiger partial charge in [-0.05, 0) is 39.0 Å². The van der Waals surface area contributed by atoms with Crippen molar-refractivity contribution >= 4 is 18.6 Å². The standard InChI is InChI=1S/C15H16N2O2S/c1-4-19-15(18)12-6-5-11(8-13(12)20)14-16-9(2)7-10(3)17-14/h5-8,20H,4H2,1-3H3. The Hall–Kier alpha value is -1.88. The van der Waals surface area contributed by atoms with E-state index in [1.165, 1.54) is 0 Å². The molecule has 104 valence electrons. The number of carbonyl (C=O) groups is 1. The highest BCUT2D eigenvalue weighted by Crippen LogP contribution is 2.23. The van der Waals surface area contributed by atoms with Crippen molar-refractivity contribution in [1.82, 2.24) is 9.97 Å². The lowest BCUT2D eigenvalue weighted by molar-refractivity contribution is 0.0522. The van der Waals surface area contributed by atoms with E-state index in [0.29, 0.717) is 22.9 Å². The fraction of sp³-hybridized carbons (Fsp3) is 0.267. The monoisotopic (exact) mass is 288 g/mol. The topological polar surface area (TPSA) is 52.1 Å². The van der Waals surface area contributed by atoms with Gasteiger partial charge in [-0.15, -0.1) is 12.6 Å². The summed E-state index contributed by atoms with van der Waals surface area (Å²) in [4.78, 5) is 21.1. The molecule has 0 aliphatic heterocycles. The van der Waals surface area contributed by atoms with Crippen LogP contribution in [0.3, 0.4) is 0 Å². The minimum Gasteiger partial charge on any atom is -0.462 e. The van der Waals surface area contributed by atoms with Gasteiger partial charge in [0.25, 0.3) is 0 Å². The third-order valence-corrected chi connectivity index (χ3v) is 3.10. The van der Waals surface area contributed by atoms with E-state index in [2.05, 4.69) is 22.6 Å². The number of nitrogens with zero attached hydrogens (tertiary/aromatic N) is 2. The highest BCUT2D eigenvalue weighted by Gasteiger charge is 2.12. The predicted molar refractivity (Wildman–Crippen MR) is 80.2 cm³/mol. The lowest BCUT2D eigenvalue weighted by atomic mass is 10.1. The average molecular weight is 288 g/mol. The smallest absolute Gasteiger partial charge is 0.339 e. The van der Waals surface area contributed by atoms with Crippen molar-refractivity contribution in [2.24, 2.45) is 0 Å². The Labute approximate surface area is 123 Å². The molecule has 20 heavy (non-hydrogen) atoms. The first-order valence-corrected chi connectivity index (χ1v) is 6.78. The number of benzene rings is 1. The van der Waals surface area contributed by atoms with Crippen molar-refractivity contribution < 1.29 is 9.53 Å². The van der Waals surface area contributed by atoms with Gasteiger partial charge in [-0.1, -0.05) is 6.07 Å². The van der Waals surface area contributed by atoms with Crippen LogP contribution < -0.4 is 0 Å². The zero-order valence-corrected chi connectivity index (χ0v) is 12.6. The summed E-state index contributed by atoms with van der Waals surface area (Å²) in [7, 11) is 0. The Morgan fingerprint density at radius 2 is 1.85 bits per heavy atom. The van der Waals surface area contributed by atoms with E-state index in [1.54, 1.807) is 25.1 Å². The first-order valence-electron chi connectivity index (χ1n) is 6.34. The third kappa shape index (κ3) is 3.17. The number of esters is 1. The fourth-order valence-electron chi connectivity index (χ4n) is 1.91. The van der Waals surface area contributed by atoms with E-state index in [4.69, 9.17) is 4.74 Å². The van der Waals surface area contributed by atoms with Crippen LogP contribution in [0.2, 0.25) is 0 Å². The molecule has 2 rings (SSSR count). The maximum Gasteiger partial charge on any atom is 0.339 e. The van der Waals surface area contributed by atoms with E-state index in [1.807, 2.05) is 19.9 Å². The first kappa shape index (κ1) is 14.5. The summed E-state index contributed by atoms with van der Waals surface area (Å²) < 4.78 is 4.97. The molecular weight excluding hydrogens is 272 g/mol. The summed E-state index contributed by atoms with van der Waals surface area (Å²) in [5.74, 6) is 0.263. The van der Waals surface area contributed by atoms with Crippen LogP contribution in [-0.4, -0.2) is 22.5 Å². The summed E-state index contributed by atoms with van der Waals surface area (Å²) in [6.45, 7) is 5.96. The normalized spacial score (nSPS) is 10.4. The van der Waals surface area contributed by atoms with Crippen LogP contribution in [0.4, 0.5) is 0 Å². The summed E-state index contributed by atoms with van der Waals surface area (Å²) in [6.07, 6.45) is 0. The van der Waals surface area contributed by atoms with Gasteiger partial charge in [0.05, 0.1) is 12.2 Å². The van der Waals surface area contributed by atoms with Crippen LogP contribution in [0.15, 0.2) is 29.2 Å². The molecule has 0 bridgehead atoms. The molecular formula is C15H16N2O2S. The quantitative estimate of drug-likeness (QED) is 0.696. The molecule has 0 saturated carbocycles. The van der Waals surface area contributed by atoms with Crippen molar-refractivity contribution in [3.63, 3.8) is 0 Å². The van der Waals surface area contributed by atoms with Gasteiger partial charge in [-0.2, -0.15) is 0 Å². The van der Waals surface area contributed by atoms with Crippen LogP contribution in [-0.2, 0) is 4.74 Å². The highest BCUT2D eigenvalue weighted by atomic mass is 32.1. The highest BCUT2D eigenvalue weighted by molar-refractivity contribution is 7.80. The van der Waals surface area contributed by atoms with Gasteiger partial charge in [0.15, 0.2) is 5.82 Å². The van der Waals surface area contributed by atoms with E-state index < -0.39 is 0 Å². The number of ether oxygens (including phenoxy) is 1. The third-order valence-electron chi connectivity index (χ3n) is 2.73. The molecule has 1 aromatic carbocycles. The zero-order valence-electron chi connectivity index (χ0n) is 11.7. The molecule has 0 saturated heterocycles. The maximum absolute atomic E-state index is 11.7. The van der Waals surface area contributed by atoms with E-state index in [-0.39, 0.29) is 5.97 Å². The molecule has 0 atom stereocenters. The largest absolute Gasteiger partial charge is 0.462 e. The molecule has 0 radical (unpaired) electrons. The molecule has 2 aromatic rings. The van der Waals surface area contributed by atoms with Crippen molar-refractivity contribution in [1.29, 1.82) is 0 Å². The molecule has 0 N–H and O–H groups in total. The second-order valence-electron chi connectivity index (χ2n) is 4.43. The van der Waals surface area contributed by atoms with Crippen LogP contribution in [0, 0.1) is 13.8 Å². The Morgan fingerprint density at radius 3 is 2.40 bits per heavy atom. The number of hydrogen-bond donors (Lipinski definition) is 1. The van der Waals surface area contributed by atoms with Gasteiger partial charge in [0.1, 0.15) is 0 Å². The number of rotatable bonds is 3. The lowest BCUT2D eigenvalue weighted by Gasteiger charge is -2.08. The van der Waals surface area contributed by atoms with Gasteiger partial charge in [-0.25, -0.2) is 14.8 Å². The van der Waals surface area contributed by atoms with E-state index >= 15 is 0 Å². The molecule has 0 fully saturated rings. The van der Waals surface area contributed by atoms with Crippen LogP contribution in [0.5, 0.6) is 0 Å². The van der Waals surface area contributed by atoms with E-state index in [9.17, 15) is 4.79 Å². The molecule has 5 heteroatoms. The zero-order chi connectivity index (χ0) is 14.7. The Kier molecular flexibility index (Phi) is 4.39. The average Bonchev–Trinajstić information content (AvgIpc) is 2.37.